The van der Waals surface area contributed by atoms with Gasteiger partial charge in [0.05, 0.1) is 14.2 Å². The molecule has 0 atom stereocenters. The van der Waals surface area contributed by atoms with Gasteiger partial charge in [-0.3, -0.25) is 4.79 Å². The molecule has 0 fully saturated rings. The highest BCUT2D eigenvalue weighted by Gasteiger charge is 2.24. The van der Waals surface area contributed by atoms with E-state index in [-0.39, 0.29) is 11.7 Å². The Hall–Kier alpha value is -3.80. The van der Waals surface area contributed by atoms with Crippen LogP contribution >= 0.6 is 0 Å². The number of amides is 1. The van der Waals surface area contributed by atoms with Crippen LogP contribution in [-0.4, -0.2) is 36.6 Å². The first-order valence-corrected chi connectivity index (χ1v) is 10.5. The summed E-state index contributed by atoms with van der Waals surface area (Å²) in [6, 6.07) is 18.1. The summed E-state index contributed by atoms with van der Waals surface area (Å²) in [5, 5.41) is 0.916. The van der Waals surface area contributed by atoms with Crippen LogP contribution in [0, 0.1) is 5.82 Å². The van der Waals surface area contributed by atoms with Crippen LogP contribution in [0.25, 0.3) is 22.0 Å². The highest BCUT2D eigenvalue weighted by atomic mass is 19.1. The van der Waals surface area contributed by atoms with Gasteiger partial charge in [0.15, 0.2) is 11.5 Å². The van der Waals surface area contributed by atoms with Gasteiger partial charge in [-0.1, -0.05) is 18.2 Å². The van der Waals surface area contributed by atoms with Gasteiger partial charge in [0.2, 0.25) is 0 Å². The molecule has 5 nitrogen and oxygen atoms in total. The maximum Gasteiger partial charge on any atom is 0.270 e. The number of ether oxygens (including phenoxy) is 2. The minimum atomic E-state index is -0.271. The van der Waals surface area contributed by atoms with E-state index in [0.717, 1.165) is 34.0 Å². The number of methoxy groups -OCH3 is 2. The van der Waals surface area contributed by atoms with E-state index in [1.54, 1.807) is 20.3 Å². The quantitative estimate of drug-likeness (QED) is 0.485. The number of rotatable bonds is 4. The fourth-order valence-electron chi connectivity index (χ4n) is 4.32. The molecule has 1 aliphatic heterocycles. The Kier molecular flexibility index (Phi) is 5.05. The van der Waals surface area contributed by atoms with E-state index in [2.05, 4.69) is 4.98 Å². The molecule has 3 aromatic carbocycles. The summed E-state index contributed by atoms with van der Waals surface area (Å²) in [5.74, 6) is 1.05. The van der Waals surface area contributed by atoms with Crippen molar-refractivity contribution in [2.24, 2.45) is 0 Å². The number of H-pyrrole nitrogens is 1. The van der Waals surface area contributed by atoms with Gasteiger partial charge in [0.25, 0.3) is 5.91 Å². The number of carbonyl (C=O) groups is 1. The molecule has 5 rings (SSSR count). The van der Waals surface area contributed by atoms with Crippen molar-refractivity contribution in [3.63, 3.8) is 0 Å². The lowest BCUT2D eigenvalue weighted by atomic mass is 9.98. The molecule has 1 N–H and O–H groups in total. The number of carbonyl (C=O) groups excluding carboxylic acids is 1. The third-order valence-corrected chi connectivity index (χ3v) is 6.01. The van der Waals surface area contributed by atoms with Crippen LogP contribution in [-0.2, 0) is 13.0 Å². The maximum absolute atomic E-state index is 13.6. The molecule has 6 heteroatoms. The Balaban J connectivity index is 1.41. The summed E-state index contributed by atoms with van der Waals surface area (Å²) in [4.78, 5) is 18.3. The first-order chi connectivity index (χ1) is 15.6. The van der Waals surface area contributed by atoms with Gasteiger partial charge < -0.3 is 19.4 Å². The van der Waals surface area contributed by atoms with E-state index in [4.69, 9.17) is 9.47 Å². The Morgan fingerprint density at radius 2 is 1.69 bits per heavy atom. The second-order valence-electron chi connectivity index (χ2n) is 7.95. The third kappa shape index (κ3) is 3.58. The van der Waals surface area contributed by atoms with Crippen LogP contribution < -0.4 is 9.47 Å². The van der Waals surface area contributed by atoms with E-state index >= 15 is 0 Å². The summed E-state index contributed by atoms with van der Waals surface area (Å²) in [6.07, 6.45) is 0.755. The molecule has 2 heterocycles. The largest absolute Gasteiger partial charge is 0.493 e. The van der Waals surface area contributed by atoms with Crippen LogP contribution in [0.5, 0.6) is 11.5 Å². The van der Waals surface area contributed by atoms with Gasteiger partial charge in [-0.2, -0.15) is 0 Å². The third-order valence-electron chi connectivity index (χ3n) is 6.01. The first kappa shape index (κ1) is 20.1. The summed E-state index contributed by atoms with van der Waals surface area (Å²) >= 11 is 0. The zero-order valence-electron chi connectivity index (χ0n) is 17.9. The van der Waals surface area contributed by atoms with Crippen molar-refractivity contribution in [2.45, 2.75) is 13.0 Å². The smallest absolute Gasteiger partial charge is 0.270 e. The van der Waals surface area contributed by atoms with Gasteiger partial charge in [0, 0.05) is 24.0 Å². The number of hydrogen-bond donors (Lipinski definition) is 1. The number of nitrogens with zero attached hydrogens (tertiary/aromatic N) is 1. The van der Waals surface area contributed by atoms with E-state index in [1.165, 1.54) is 17.7 Å². The summed E-state index contributed by atoms with van der Waals surface area (Å²) in [5.41, 5.74) is 5.36. The number of aromatic amines is 1. The number of halogens is 1. The number of fused-ring (bicyclic) bond motifs is 2. The standard InChI is InChI=1S/C26H23FN2O3/c1-31-24-13-18-8-9-29(15-20(18)14-25(24)32-2)26(30)23-12-19-10-17(6-7-22(19)28-23)16-4-3-5-21(27)11-16/h3-7,10-14,28H,8-9,15H2,1-2H3. The molecule has 1 amide bonds. The van der Waals surface area contributed by atoms with Crippen molar-refractivity contribution >= 4 is 16.8 Å². The number of nitrogens with one attached hydrogen (secondary N) is 1. The van der Waals surface area contributed by atoms with Crippen LogP contribution in [0.1, 0.15) is 21.6 Å². The van der Waals surface area contributed by atoms with Gasteiger partial charge in [0.1, 0.15) is 11.5 Å². The summed E-state index contributed by atoms with van der Waals surface area (Å²) in [7, 11) is 3.23. The van der Waals surface area contributed by atoms with Gasteiger partial charge in [-0.05, 0) is 71.1 Å². The second kappa shape index (κ2) is 8.04. The number of benzene rings is 3. The number of hydrogen-bond acceptors (Lipinski definition) is 3. The van der Waals surface area contributed by atoms with Crippen molar-refractivity contribution in [1.29, 1.82) is 0 Å². The van der Waals surface area contributed by atoms with E-state index in [9.17, 15) is 9.18 Å². The fourth-order valence-corrected chi connectivity index (χ4v) is 4.32. The highest BCUT2D eigenvalue weighted by Crippen LogP contribution is 2.34. The van der Waals surface area contributed by atoms with E-state index < -0.39 is 0 Å². The zero-order valence-corrected chi connectivity index (χ0v) is 17.9. The van der Waals surface area contributed by atoms with Crippen molar-refractivity contribution in [1.82, 2.24) is 9.88 Å². The normalized spacial score (nSPS) is 13.2. The van der Waals surface area contributed by atoms with Crippen LogP contribution in [0.3, 0.4) is 0 Å². The van der Waals surface area contributed by atoms with Crippen LogP contribution in [0.2, 0.25) is 0 Å². The molecule has 32 heavy (non-hydrogen) atoms. The predicted molar refractivity (Wildman–Crippen MR) is 122 cm³/mol. The molecule has 0 bridgehead atoms. The Morgan fingerprint density at radius 1 is 0.938 bits per heavy atom. The van der Waals surface area contributed by atoms with Gasteiger partial charge in [-0.15, -0.1) is 0 Å². The average Bonchev–Trinajstić information content (AvgIpc) is 3.25. The lowest BCUT2D eigenvalue weighted by Gasteiger charge is -2.29. The molecule has 162 valence electrons. The highest BCUT2D eigenvalue weighted by molar-refractivity contribution is 5.99. The molecule has 0 unspecified atom stereocenters. The van der Waals surface area contributed by atoms with Crippen LogP contribution in [0.15, 0.2) is 60.7 Å². The monoisotopic (exact) mass is 430 g/mol. The van der Waals surface area contributed by atoms with Crippen molar-refractivity contribution in [3.8, 4) is 22.6 Å². The molecule has 0 saturated carbocycles. The molecule has 0 saturated heterocycles. The molecule has 0 spiro atoms. The van der Waals surface area contributed by atoms with Gasteiger partial charge >= 0.3 is 0 Å². The van der Waals surface area contributed by atoms with E-state index in [0.29, 0.717) is 30.3 Å². The van der Waals surface area contributed by atoms with Gasteiger partial charge in [-0.25, -0.2) is 4.39 Å². The minimum Gasteiger partial charge on any atom is -0.493 e. The molecular weight excluding hydrogens is 407 g/mol. The Morgan fingerprint density at radius 3 is 2.44 bits per heavy atom. The van der Waals surface area contributed by atoms with Crippen molar-refractivity contribution < 1.29 is 18.7 Å². The molecule has 0 radical (unpaired) electrons. The second-order valence-corrected chi connectivity index (χ2v) is 7.95. The van der Waals surface area contributed by atoms with Crippen LogP contribution in [0.4, 0.5) is 4.39 Å². The van der Waals surface area contributed by atoms with Crippen molar-refractivity contribution in [3.05, 3.63) is 83.3 Å². The molecule has 0 aliphatic carbocycles. The summed E-state index contributed by atoms with van der Waals surface area (Å²) < 4.78 is 24.4. The lowest BCUT2D eigenvalue weighted by Crippen LogP contribution is -2.36. The summed E-state index contributed by atoms with van der Waals surface area (Å²) in [6.45, 7) is 1.14. The number of aromatic nitrogens is 1. The molecule has 4 aromatic rings. The predicted octanol–water partition coefficient (Wildman–Crippen LogP) is 5.19. The SMILES string of the molecule is COc1cc2c(cc1OC)CN(C(=O)c1cc3cc(-c4cccc(F)c4)ccc3[nH]1)CC2. The fraction of sp³-hybridized carbons (Fsp3) is 0.192. The minimum absolute atomic E-state index is 0.0473. The Labute approximate surface area is 185 Å². The molecule has 1 aliphatic rings. The Bertz CT molecular complexity index is 1330. The molecular formula is C26H23FN2O3. The topological polar surface area (TPSA) is 54.6 Å². The average molecular weight is 430 g/mol. The van der Waals surface area contributed by atoms with Crippen molar-refractivity contribution in [2.75, 3.05) is 20.8 Å². The van der Waals surface area contributed by atoms with E-state index in [1.807, 2.05) is 47.4 Å². The maximum atomic E-state index is 13.6. The first-order valence-electron chi connectivity index (χ1n) is 10.5. The zero-order chi connectivity index (χ0) is 22.2. The lowest BCUT2D eigenvalue weighted by molar-refractivity contribution is 0.0729. The molecule has 1 aromatic heterocycles.